The summed E-state index contributed by atoms with van der Waals surface area (Å²) < 4.78 is 15.3. The second kappa shape index (κ2) is 7.81. The summed E-state index contributed by atoms with van der Waals surface area (Å²) in [4.78, 5) is 11.4. The Hall–Kier alpha value is -3.20. The van der Waals surface area contributed by atoms with Crippen molar-refractivity contribution in [2.24, 2.45) is 10.9 Å². The van der Waals surface area contributed by atoms with E-state index in [9.17, 15) is 4.39 Å². The lowest BCUT2D eigenvalue weighted by Gasteiger charge is -2.26. The Morgan fingerprint density at radius 1 is 1.36 bits per heavy atom. The Labute approximate surface area is 161 Å². The highest BCUT2D eigenvalue weighted by Crippen LogP contribution is 2.35. The van der Waals surface area contributed by atoms with Crippen molar-refractivity contribution in [1.82, 2.24) is 14.6 Å². The van der Waals surface area contributed by atoms with Crippen LogP contribution in [-0.2, 0) is 4.84 Å². The molecule has 1 aromatic carbocycles. The molecule has 2 aromatic heterocycles. The first-order chi connectivity index (χ1) is 13.7. The monoisotopic (exact) mass is 384 g/mol. The molecular formula is C19H21FN6O2. The minimum absolute atomic E-state index is 0.0548. The fourth-order valence-electron chi connectivity index (χ4n) is 3.50. The van der Waals surface area contributed by atoms with E-state index in [1.807, 2.05) is 18.2 Å². The zero-order valence-corrected chi connectivity index (χ0v) is 15.2. The molecule has 1 atom stereocenters. The fourth-order valence-corrected chi connectivity index (χ4v) is 3.50. The van der Waals surface area contributed by atoms with E-state index in [1.54, 1.807) is 22.8 Å². The Balaban J connectivity index is 1.67. The molecule has 0 unspecified atom stereocenters. The number of nitrogens with two attached hydrogens (primary N) is 1. The zero-order valence-electron chi connectivity index (χ0n) is 15.2. The summed E-state index contributed by atoms with van der Waals surface area (Å²) in [6.07, 6.45) is 3.50. The molecule has 0 bridgehead atoms. The standard InChI is InChI=1S/C19H21FN6O2/c20-14-4-1-3-13(11-14)15-5-2-8-25(15)18-7-6-17-22-12-16(26(17)23-18)19(21)24-28-10-9-27/h1,3-4,6-7,11-12,15,27H,2,5,8-10H2,(H2,21,24)/t15-/m1/s1. The summed E-state index contributed by atoms with van der Waals surface area (Å²) in [5.41, 5.74) is 8.03. The van der Waals surface area contributed by atoms with Crippen molar-refractivity contribution >= 4 is 17.3 Å². The van der Waals surface area contributed by atoms with Gasteiger partial charge in [-0.15, -0.1) is 5.10 Å². The first-order valence-corrected chi connectivity index (χ1v) is 9.11. The maximum absolute atomic E-state index is 13.7. The molecule has 28 heavy (non-hydrogen) atoms. The molecule has 0 spiro atoms. The van der Waals surface area contributed by atoms with Crippen molar-refractivity contribution in [2.75, 3.05) is 24.7 Å². The van der Waals surface area contributed by atoms with Gasteiger partial charge in [-0.05, 0) is 42.7 Å². The smallest absolute Gasteiger partial charge is 0.190 e. The van der Waals surface area contributed by atoms with Crippen LogP contribution in [0.5, 0.6) is 0 Å². The normalized spacial score (nSPS) is 17.4. The highest BCUT2D eigenvalue weighted by Gasteiger charge is 2.28. The van der Waals surface area contributed by atoms with Gasteiger partial charge in [-0.2, -0.15) is 0 Å². The summed E-state index contributed by atoms with van der Waals surface area (Å²) in [5.74, 6) is 0.632. The van der Waals surface area contributed by atoms with Gasteiger partial charge in [0, 0.05) is 6.54 Å². The number of fused-ring (bicyclic) bond motifs is 1. The Bertz CT molecular complexity index is 1010. The van der Waals surface area contributed by atoms with Gasteiger partial charge in [0.05, 0.1) is 18.8 Å². The number of aromatic nitrogens is 3. The minimum atomic E-state index is -0.239. The number of aliphatic hydroxyl groups excluding tert-OH is 1. The number of imidazole rings is 1. The van der Waals surface area contributed by atoms with E-state index in [1.165, 1.54) is 6.07 Å². The van der Waals surface area contributed by atoms with Crippen LogP contribution in [0.15, 0.2) is 47.8 Å². The van der Waals surface area contributed by atoms with Crippen LogP contribution >= 0.6 is 0 Å². The summed E-state index contributed by atoms with van der Waals surface area (Å²) in [6, 6.07) is 10.5. The molecule has 8 nitrogen and oxygen atoms in total. The van der Waals surface area contributed by atoms with E-state index in [-0.39, 0.29) is 30.9 Å². The van der Waals surface area contributed by atoms with Crippen molar-refractivity contribution in [1.29, 1.82) is 0 Å². The second-order valence-electron chi connectivity index (χ2n) is 6.54. The molecule has 0 radical (unpaired) electrons. The molecule has 1 aliphatic rings. The topological polar surface area (TPSA) is 101 Å². The largest absolute Gasteiger partial charge is 0.393 e. The molecule has 9 heteroatoms. The van der Waals surface area contributed by atoms with Crippen LogP contribution in [0, 0.1) is 5.82 Å². The van der Waals surface area contributed by atoms with Crippen molar-refractivity contribution in [3.05, 3.63) is 59.7 Å². The lowest BCUT2D eigenvalue weighted by atomic mass is 10.0. The Kier molecular flexibility index (Phi) is 5.07. The van der Waals surface area contributed by atoms with Gasteiger partial charge in [0.1, 0.15) is 23.9 Å². The zero-order chi connectivity index (χ0) is 19.5. The van der Waals surface area contributed by atoms with Crippen molar-refractivity contribution in [2.45, 2.75) is 18.9 Å². The van der Waals surface area contributed by atoms with E-state index in [4.69, 9.17) is 15.7 Å². The van der Waals surface area contributed by atoms with Crippen LogP contribution in [-0.4, -0.2) is 45.3 Å². The van der Waals surface area contributed by atoms with Crippen LogP contribution in [0.3, 0.4) is 0 Å². The van der Waals surface area contributed by atoms with Gasteiger partial charge in [-0.25, -0.2) is 13.9 Å². The van der Waals surface area contributed by atoms with Gasteiger partial charge in [-0.3, -0.25) is 0 Å². The van der Waals surface area contributed by atoms with E-state index in [0.717, 1.165) is 30.8 Å². The highest BCUT2D eigenvalue weighted by molar-refractivity contribution is 5.96. The van der Waals surface area contributed by atoms with Crippen molar-refractivity contribution in [3.63, 3.8) is 0 Å². The van der Waals surface area contributed by atoms with Gasteiger partial charge in [0.25, 0.3) is 0 Å². The third-order valence-electron chi connectivity index (χ3n) is 4.74. The maximum atomic E-state index is 13.7. The SMILES string of the molecule is NC(=NOCCO)c1cnc2ccc(N3CCC[C@@H]3c3cccc(F)c3)nn12. The van der Waals surface area contributed by atoms with Crippen LogP contribution in [0.25, 0.3) is 5.65 Å². The molecule has 3 N–H and O–H groups in total. The van der Waals surface area contributed by atoms with Crippen LogP contribution in [0.1, 0.15) is 30.1 Å². The van der Waals surface area contributed by atoms with Crippen LogP contribution in [0.4, 0.5) is 10.2 Å². The number of rotatable bonds is 6. The van der Waals surface area contributed by atoms with Crippen LogP contribution < -0.4 is 10.6 Å². The molecule has 0 amide bonds. The number of benzene rings is 1. The first kappa shape index (κ1) is 18.2. The van der Waals surface area contributed by atoms with E-state index in [0.29, 0.717) is 11.3 Å². The number of amidine groups is 1. The molecule has 4 rings (SSSR count). The van der Waals surface area contributed by atoms with Crippen molar-refractivity contribution in [3.8, 4) is 0 Å². The minimum Gasteiger partial charge on any atom is -0.393 e. The third-order valence-corrected chi connectivity index (χ3v) is 4.74. The van der Waals surface area contributed by atoms with Crippen molar-refractivity contribution < 1.29 is 14.3 Å². The summed E-state index contributed by atoms with van der Waals surface area (Å²) in [5, 5.41) is 17.3. The summed E-state index contributed by atoms with van der Waals surface area (Å²) in [6.45, 7) is 0.731. The third kappa shape index (κ3) is 3.48. The second-order valence-corrected chi connectivity index (χ2v) is 6.54. The van der Waals surface area contributed by atoms with E-state index in [2.05, 4.69) is 20.1 Å². The van der Waals surface area contributed by atoms with Gasteiger partial charge >= 0.3 is 0 Å². The molecule has 3 heterocycles. The van der Waals surface area contributed by atoms with Gasteiger partial charge in [0.2, 0.25) is 0 Å². The Morgan fingerprint density at radius 3 is 3.07 bits per heavy atom. The first-order valence-electron chi connectivity index (χ1n) is 9.11. The lowest BCUT2D eigenvalue weighted by Crippen LogP contribution is -2.25. The molecule has 1 fully saturated rings. The van der Waals surface area contributed by atoms with Gasteiger partial charge < -0.3 is 20.6 Å². The number of hydrogen-bond donors (Lipinski definition) is 2. The number of aliphatic hydroxyl groups is 1. The lowest BCUT2D eigenvalue weighted by molar-refractivity contribution is 0.0984. The summed E-state index contributed by atoms with van der Waals surface area (Å²) >= 11 is 0. The van der Waals surface area contributed by atoms with Crippen LogP contribution in [0.2, 0.25) is 0 Å². The van der Waals surface area contributed by atoms with Gasteiger partial charge in [-0.1, -0.05) is 17.3 Å². The highest BCUT2D eigenvalue weighted by atomic mass is 19.1. The average Bonchev–Trinajstić information content (AvgIpc) is 3.34. The predicted octanol–water partition coefficient (Wildman–Crippen LogP) is 1.84. The molecular weight excluding hydrogens is 363 g/mol. The maximum Gasteiger partial charge on any atom is 0.190 e. The number of halogens is 1. The molecule has 146 valence electrons. The molecule has 0 aliphatic carbocycles. The number of nitrogens with zero attached hydrogens (tertiary/aromatic N) is 5. The molecule has 3 aromatic rings. The summed E-state index contributed by atoms with van der Waals surface area (Å²) in [7, 11) is 0. The predicted molar refractivity (Wildman–Crippen MR) is 102 cm³/mol. The van der Waals surface area contributed by atoms with E-state index >= 15 is 0 Å². The Morgan fingerprint density at radius 2 is 2.25 bits per heavy atom. The average molecular weight is 384 g/mol. The number of hydrogen-bond acceptors (Lipinski definition) is 6. The van der Waals surface area contributed by atoms with Gasteiger partial charge in [0.15, 0.2) is 11.5 Å². The molecule has 1 saturated heterocycles. The quantitative estimate of drug-likeness (QED) is 0.291. The number of oxime groups is 1. The fraction of sp³-hybridized carbons (Fsp3) is 0.316. The van der Waals surface area contributed by atoms with E-state index < -0.39 is 0 Å². The molecule has 0 saturated carbocycles. The molecule has 1 aliphatic heterocycles. The number of anilines is 1.